The molecule has 0 radical (unpaired) electrons. The molecule has 2 atom stereocenters. The Morgan fingerprint density at radius 2 is 1.65 bits per heavy atom. The van der Waals surface area contributed by atoms with Crippen LogP contribution in [0.3, 0.4) is 0 Å². The fraction of sp³-hybridized carbons (Fsp3) is 0.429. The average Bonchev–Trinajstić information content (AvgIpc) is 2.43. The van der Waals surface area contributed by atoms with Gasteiger partial charge in [0.25, 0.3) is 0 Å². The van der Waals surface area contributed by atoms with Gasteiger partial charge in [-0.25, -0.2) is 0 Å². The van der Waals surface area contributed by atoms with E-state index in [1.807, 2.05) is 0 Å². The Labute approximate surface area is 117 Å². The van der Waals surface area contributed by atoms with Crippen molar-refractivity contribution in [1.29, 1.82) is 0 Å². The standard InChI is InChI=1S/C14H19N3O3/c15-7-1-2-11-13(19)17-12(14(20)16-11)8-9-3-5-10(18)6-4-9/h3-6,11-12,18H,1-2,7-8,15H2,(H,16,20)(H,17,19)/t11-,12+/m0/s1. The van der Waals surface area contributed by atoms with Crippen LogP contribution in [0, 0.1) is 0 Å². The third kappa shape index (κ3) is 3.48. The summed E-state index contributed by atoms with van der Waals surface area (Å²) in [5, 5.41) is 14.7. The zero-order chi connectivity index (χ0) is 14.5. The maximum absolute atomic E-state index is 12.0. The predicted molar refractivity (Wildman–Crippen MR) is 74.0 cm³/mol. The van der Waals surface area contributed by atoms with Gasteiger partial charge in [0.1, 0.15) is 17.8 Å². The molecule has 6 heteroatoms. The first-order chi connectivity index (χ1) is 9.60. The van der Waals surface area contributed by atoms with Crippen molar-refractivity contribution in [1.82, 2.24) is 10.6 Å². The maximum atomic E-state index is 12.0. The molecule has 0 saturated carbocycles. The summed E-state index contributed by atoms with van der Waals surface area (Å²) < 4.78 is 0. The number of carbonyl (C=O) groups is 2. The Hall–Kier alpha value is -2.08. The molecule has 1 heterocycles. The predicted octanol–water partition coefficient (Wildman–Crippen LogP) is -0.343. The van der Waals surface area contributed by atoms with Crippen LogP contribution in [0.1, 0.15) is 18.4 Å². The minimum Gasteiger partial charge on any atom is -0.508 e. The summed E-state index contributed by atoms with van der Waals surface area (Å²) >= 11 is 0. The van der Waals surface area contributed by atoms with Crippen LogP contribution in [0.2, 0.25) is 0 Å². The molecule has 0 unspecified atom stereocenters. The quantitative estimate of drug-likeness (QED) is 0.591. The monoisotopic (exact) mass is 277 g/mol. The van der Waals surface area contributed by atoms with Crippen LogP contribution < -0.4 is 16.4 Å². The highest BCUT2D eigenvalue weighted by Gasteiger charge is 2.32. The summed E-state index contributed by atoms with van der Waals surface area (Å²) in [5.74, 6) is -0.172. The van der Waals surface area contributed by atoms with E-state index in [2.05, 4.69) is 10.6 Å². The Bertz CT molecular complexity index is 487. The van der Waals surface area contributed by atoms with Crippen LogP contribution in [-0.2, 0) is 16.0 Å². The molecule has 0 aliphatic carbocycles. The third-order valence-electron chi connectivity index (χ3n) is 3.34. The van der Waals surface area contributed by atoms with Crippen molar-refractivity contribution in [2.24, 2.45) is 5.73 Å². The maximum Gasteiger partial charge on any atom is 0.243 e. The fourth-order valence-electron chi connectivity index (χ4n) is 2.21. The average molecular weight is 277 g/mol. The second-order valence-corrected chi connectivity index (χ2v) is 4.92. The third-order valence-corrected chi connectivity index (χ3v) is 3.34. The SMILES string of the molecule is NCCC[C@@H]1NC(=O)[C@@H](Cc2ccc(O)cc2)NC1=O. The molecule has 20 heavy (non-hydrogen) atoms. The highest BCUT2D eigenvalue weighted by molar-refractivity contribution is 5.97. The molecule has 1 aliphatic heterocycles. The number of hydrogen-bond donors (Lipinski definition) is 4. The van der Waals surface area contributed by atoms with Crippen LogP contribution in [0.5, 0.6) is 5.75 Å². The zero-order valence-electron chi connectivity index (χ0n) is 11.1. The normalized spacial score (nSPS) is 22.2. The van der Waals surface area contributed by atoms with Crippen molar-refractivity contribution in [3.8, 4) is 5.75 Å². The van der Waals surface area contributed by atoms with E-state index in [9.17, 15) is 14.7 Å². The first-order valence-corrected chi connectivity index (χ1v) is 6.69. The molecular formula is C14H19N3O3. The van der Waals surface area contributed by atoms with Gasteiger partial charge in [0.05, 0.1) is 0 Å². The summed E-state index contributed by atoms with van der Waals surface area (Å²) in [6.07, 6.45) is 1.66. The van der Waals surface area contributed by atoms with Crippen molar-refractivity contribution in [2.75, 3.05) is 6.54 Å². The fourth-order valence-corrected chi connectivity index (χ4v) is 2.21. The minimum atomic E-state index is -0.568. The highest BCUT2D eigenvalue weighted by Crippen LogP contribution is 2.13. The van der Waals surface area contributed by atoms with Gasteiger partial charge in [-0.05, 0) is 37.1 Å². The number of phenols is 1. The van der Waals surface area contributed by atoms with Crippen LogP contribution in [0.4, 0.5) is 0 Å². The van der Waals surface area contributed by atoms with Crippen molar-refractivity contribution in [3.63, 3.8) is 0 Å². The number of phenolic OH excluding ortho intramolecular Hbond substituents is 1. The van der Waals surface area contributed by atoms with Crippen molar-refractivity contribution in [2.45, 2.75) is 31.3 Å². The van der Waals surface area contributed by atoms with E-state index >= 15 is 0 Å². The number of nitrogens with one attached hydrogen (secondary N) is 2. The van der Waals surface area contributed by atoms with Crippen molar-refractivity contribution in [3.05, 3.63) is 29.8 Å². The molecule has 1 saturated heterocycles. The molecule has 6 nitrogen and oxygen atoms in total. The van der Waals surface area contributed by atoms with Crippen LogP contribution in [0.15, 0.2) is 24.3 Å². The van der Waals surface area contributed by atoms with E-state index in [0.717, 1.165) is 5.56 Å². The lowest BCUT2D eigenvalue weighted by molar-refractivity contribution is -0.136. The molecular weight excluding hydrogens is 258 g/mol. The number of rotatable bonds is 5. The molecule has 0 bridgehead atoms. The first-order valence-electron chi connectivity index (χ1n) is 6.69. The van der Waals surface area contributed by atoms with Crippen LogP contribution >= 0.6 is 0 Å². The van der Waals surface area contributed by atoms with Gasteiger partial charge in [-0.15, -0.1) is 0 Å². The summed E-state index contributed by atoms with van der Waals surface area (Å²) in [5.41, 5.74) is 6.28. The molecule has 0 spiro atoms. The van der Waals surface area contributed by atoms with Gasteiger partial charge in [0, 0.05) is 6.42 Å². The van der Waals surface area contributed by atoms with Crippen molar-refractivity contribution < 1.29 is 14.7 Å². The Morgan fingerprint density at radius 3 is 2.30 bits per heavy atom. The lowest BCUT2D eigenvalue weighted by Crippen LogP contribution is -2.62. The molecule has 1 aliphatic rings. The second-order valence-electron chi connectivity index (χ2n) is 4.92. The summed E-state index contributed by atoms with van der Waals surface area (Å²) in [6, 6.07) is 5.53. The molecule has 2 rings (SSSR count). The lowest BCUT2D eigenvalue weighted by Gasteiger charge is -2.29. The number of aromatic hydroxyl groups is 1. The van der Waals surface area contributed by atoms with Crippen LogP contribution in [-0.4, -0.2) is 35.5 Å². The van der Waals surface area contributed by atoms with Crippen LogP contribution in [0.25, 0.3) is 0 Å². The summed E-state index contributed by atoms with van der Waals surface area (Å²) in [4.78, 5) is 23.9. The summed E-state index contributed by atoms with van der Waals surface area (Å²) in [6.45, 7) is 0.497. The number of benzene rings is 1. The van der Waals surface area contributed by atoms with Gasteiger partial charge in [-0.1, -0.05) is 12.1 Å². The second kappa shape index (κ2) is 6.38. The molecule has 108 valence electrons. The minimum absolute atomic E-state index is 0.165. The Morgan fingerprint density at radius 1 is 1.05 bits per heavy atom. The molecule has 0 aromatic heterocycles. The van der Waals surface area contributed by atoms with Gasteiger partial charge in [-0.2, -0.15) is 0 Å². The molecule has 5 N–H and O–H groups in total. The van der Waals surface area contributed by atoms with Gasteiger partial charge in [0.2, 0.25) is 11.8 Å². The van der Waals surface area contributed by atoms with E-state index in [1.165, 1.54) is 0 Å². The number of nitrogens with two attached hydrogens (primary N) is 1. The Kier molecular flexibility index (Phi) is 4.57. The molecule has 2 amide bonds. The van der Waals surface area contributed by atoms with Gasteiger partial charge < -0.3 is 21.5 Å². The van der Waals surface area contributed by atoms with Crippen molar-refractivity contribution >= 4 is 11.8 Å². The first kappa shape index (κ1) is 14.3. The molecule has 1 aromatic rings. The lowest BCUT2D eigenvalue weighted by atomic mass is 10.0. The number of piperazine rings is 1. The largest absolute Gasteiger partial charge is 0.508 e. The van der Waals surface area contributed by atoms with E-state index in [-0.39, 0.29) is 17.6 Å². The summed E-state index contributed by atoms with van der Waals surface area (Å²) in [7, 11) is 0. The zero-order valence-corrected chi connectivity index (χ0v) is 11.1. The van der Waals surface area contributed by atoms with Gasteiger partial charge >= 0.3 is 0 Å². The van der Waals surface area contributed by atoms with E-state index in [4.69, 9.17) is 5.73 Å². The Balaban J connectivity index is 1.96. The smallest absolute Gasteiger partial charge is 0.243 e. The number of amides is 2. The topological polar surface area (TPSA) is 104 Å². The van der Waals surface area contributed by atoms with E-state index < -0.39 is 12.1 Å². The van der Waals surface area contributed by atoms with E-state index in [0.29, 0.717) is 25.8 Å². The highest BCUT2D eigenvalue weighted by atomic mass is 16.3. The van der Waals surface area contributed by atoms with Gasteiger partial charge in [-0.3, -0.25) is 9.59 Å². The number of hydrogen-bond acceptors (Lipinski definition) is 4. The number of carbonyl (C=O) groups excluding carboxylic acids is 2. The molecule has 1 fully saturated rings. The van der Waals surface area contributed by atoms with E-state index in [1.54, 1.807) is 24.3 Å². The molecule has 1 aromatic carbocycles. The van der Waals surface area contributed by atoms with Gasteiger partial charge in [0.15, 0.2) is 0 Å².